The van der Waals surface area contributed by atoms with E-state index in [1.165, 1.54) is 15.7 Å². The van der Waals surface area contributed by atoms with E-state index in [0.717, 1.165) is 5.69 Å². The van der Waals surface area contributed by atoms with Crippen LogP contribution in [0.25, 0.3) is 10.8 Å². The summed E-state index contributed by atoms with van der Waals surface area (Å²) in [5.74, 6) is -0.305. The first-order chi connectivity index (χ1) is 9.96. The second-order valence-electron chi connectivity index (χ2n) is 5.16. The molecule has 0 radical (unpaired) electrons. The summed E-state index contributed by atoms with van der Waals surface area (Å²) in [4.78, 5) is 3.42. The van der Waals surface area contributed by atoms with Crippen LogP contribution < -0.4 is 4.90 Å². The van der Waals surface area contributed by atoms with Gasteiger partial charge in [0.1, 0.15) is 0 Å². The predicted molar refractivity (Wildman–Crippen MR) is 85.8 cm³/mol. The lowest BCUT2D eigenvalue weighted by Crippen LogP contribution is -2.29. The molecular formula is C15H16NO3S2-. The molecular weight excluding hydrogens is 306 g/mol. The number of thioether (sulfide) groups is 1. The third kappa shape index (κ3) is 3.02. The molecule has 0 amide bonds. The number of benzene rings is 2. The Labute approximate surface area is 128 Å². The Balaban J connectivity index is 1.92. The summed E-state index contributed by atoms with van der Waals surface area (Å²) < 4.78 is 32.3. The van der Waals surface area contributed by atoms with Gasteiger partial charge in [0.15, 0.2) is 0 Å². The minimum Gasteiger partial charge on any atom is -0.748 e. The van der Waals surface area contributed by atoms with Crippen LogP contribution in [0.3, 0.4) is 0 Å². The molecule has 2 aromatic rings. The molecule has 1 atom stereocenters. The van der Waals surface area contributed by atoms with Crippen LogP contribution in [-0.4, -0.2) is 30.6 Å². The van der Waals surface area contributed by atoms with E-state index < -0.39 is 10.1 Å². The van der Waals surface area contributed by atoms with Crippen LogP contribution in [0, 0.1) is 0 Å². The lowest BCUT2D eigenvalue weighted by molar-refractivity contribution is 0.461. The molecule has 1 aliphatic rings. The highest BCUT2D eigenvalue weighted by molar-refractivity contribution is 8.00. The number of nitrogens with zero attached hydrogens (tertiary/aromatic N) is 1. The second-order valence-corrected chi connectivity index (χ2v) is 8.04. The fraction of sp³-hybridized carbons (Fsp3) is 0.333. The van der Waals surface area contributed by atoms with Gasteiger partial charge in [-0.15, -0.1) is 0 Å². The van der Waals surface area contributed by atoms with Gasteiger partial charge in [-0.3, -0.25) is 0 Å². The van der Waals surface area contributed by atoms with Crippen LogP contribution in [0.1, 0.15) is 13.3 Å². The minimum absolute atomic E-state index is 0.250. The lowest BCUT2D eigenvalue weighted by atomic mass is 10.1. The molecule has 1 aliphatic heterocycles. The molecule has 0 aliphatic carbocycles. The van der Waals surface area contributed by atoms with Crippen LogP contribution in [0.5, 0.6) is 0 Å². The minimum atomic E-state index is -4.14. The zero-order valence-corrected chi connectivity index (χ0v) is 13.3. The molecule has 1 heterocycles. The third-order valence-corrected chi connectivity index (χ3v) is 5.65. The van der Waals surface area contributed by atoms with Crippen molar-refractivity contribution in [3.63, 3.8) is 0 Å². The Kier molecular flexibility index (Phi) is 3.86. The van der Waals surface area contributed by atoms with Crippen LogP contribution in [0.4, 0.5) is 5.69 Å². The SMILES string of the molecule is CC1Sc2ccc3ccccc3c2N1CCCS(=O)(=O)[O-]. The van der Waals surface area contributed by atoms with Gasteiger partial charge in [-0.1, -0.05) is 42.1 Å². The summed E-state index contributed by atoms with van der Waals surface area (Å²) in [6.07, 6.45) is 0.361. The fourth-order valence-electron chi connectivity index (χ4n) is 2.76. The van der Waals surface area contributed by atoms with Crippen LogP contribution in [0.2, 0.25) is 0 Å². The predicted octanol–water partition coefficient (Wildman–Crippen LogP) is 3.03. The van der Waals surface area contributed by atoms with E-state index in [4.69, 9.17) is 0 Å². The standard InChI is InChI=1S/C15H17NO3S2/c1-11-16(9-4-10-21(17,18)19)15-13-6-3-2-5-12(13)7-8-14(15)20-11/h2-3,5-8,11H,4,9-10H2,1H3,(H,17,18,19)/p-1. The molecule has 2 aromatic carbocycles. The molecule has 3 rings (SSSR count). The van der Waals surface area contributed by atoms with Gasteiger partial charge < -0.3 is 9.45 Å². The first kappa shape index (κ1) is 14.7. The number of anilines is 1. The van der Waals surface area contributed by atoms with Crippen LogP contribution in [0.15, 0.2) is 41.3 Å². The van der Waals surface area contributed by atoms with Gasteiger partial charge in [0.05, 0.1) is 21.2 Å². The van der Waals surface area contributed by atoms with Crippen molar-refractivity contribution in [3.8, 4) is 0 Å². The van der Waals surface area contributed by atoms with Gasteiger partial charge >= 0.3 is 0 Å². The van der Waals surface area contributed by atoms with Gasteiger partial charge in [-0.25, -0.2) is 8.42 Å². The smallest absolute Gasteiger partial charge is 0.0946 e. The zero-order valence-electron chi connectivity index (χ0n) is 11.7. The van der Waals surface area contributed by atoms with Gasteiger partial charge in [-0.2, -0.15) is 0 Å². The van der Waals surface area contributed by atoms with E-state index in [1.54, 1.807) is 11.8 Å². The molecule has 0 aromatic heterocycles. The first-order valence-electron chi connectivity index (χ1n) is 6.84. The summed E-state index contributed by atoms with van der Waals surface area (Å²) in [7, 11) is -4.14. The maximum Gasteiger partial charge on any atom is 0.0946 e. The van der Waals surface area contributed by atoms with Crippen molar-refractivity contribution in [2.24, 2.45) is 0 Å². The summed E-state index contributed by atoms with van der Waals surface area (Å²) in [6, 6.07) is 12.4. The summed E-state index contributed by atoms with van der Waals surface area (Å²) in [6.45, 7) is 2.68. The van der Waals surface area contributed by atoms with Crippen molar-refractivity contribution in [2.45, 2.75) is 23.6 Å². The van der Waals surface area contributed by atoms with Gasteiger partial charge in [0.2, 0.25) is 0 Å². The van der Waals surface area contributed by atoms with E-state index in [9.17, 15) is 13.0 Å². The molecule has 6 heteroatoms. The number of rotatable bonds is 4. The zero-order chi connectivity index (χ0) is 15.0. The van der Waals surface area contributed by atoms with Crippen molar-refractivity contribution < 1.29 is 13.0 Å². The molecule has 112 valence electrons. The Morgan fingerprint density at radius 2 is 2.00 bits per heavy atom. The normalized spacial score (nSPS) is 18.2. The maximum absolute atomic E-state index is 10.8. The number of hydrogen-bond donors (Lipinski definition) is 0. The molecule has 0 bridgehead atoms. The number of fused-ring (bicyclic) bond motifs is 3. The van der Waals surface area contributed by atoms with Gasteiger partial charge in [-0.05, 0) is 24.8 Å². The average molecular weight is 322 g/mol. The van der Waals surface area contributed by atoms with Crippen molar-refractivity contribution in [1.29, 1.82) is 0 Å². The van der Waals surface area contributed by atoms with Crippen molar-refractivity contribution in [1.82, 2.24) is 0 Å². The van der Waals surface area contributed by atoms with E-state index in [1.807, 2.05) is 12.1 Å². The lowest BCUT2D eigenvalue weighted by Gasteiger charge is -2.25. The van der Waals surface area contributed by atoms with Crippen molar-refractivity contribution >= 4 is 38.3 Å². The van der Waals surface area contributed by atoms with Gasteiger partial charge in [0.25, 0.3) is 0 Å². The third-order valence-electron chi connectivity index (χ3n) is 3.68. The molecule has 1 unspecified atom stereocenters. The van der Waals surface area contributed by atoms with Crippen molar-refractivity contribution in [3.05, 3.63) is 36.4 Å². The second kappa shape index (κ2) is 5.51. The molecule has 21 heavy (non-hydrogen) atoms. The number of hydrogen-bond acceptors (Lipinski definition) is 5. The molecule has 0 saturated heterocycles. The molecule has 0 N–H and O–H groups in total. The maximum atomic E-state index is 10.8. The van der Waals surface area contributed by atoms with E-state index in [-0.39, 0.29) is 11.1 Å². The van der Waals surface area contributed by atoms with Gasteiger partial charge in [0, 0.05) is 22.6 Å². The molecule has 0 spiro atoms. The Bertz CT molecular complexity index is 774. The summed E-state index contributed by atoms with van der Waals surface area (Å²) in [5, 5.41) is 2.60. The fourth-order valence-corrected chi connectivity index (χ4v) is 4.43. The first-order valence-corrected chi connectivity index (χ1v) is 9.30. The Morgan fingerprint density at radius 3 is 2.76 bits per heavy atom. The highest BCUT2D eigenvalue weighted by Crippen LogP contribution is 2.47. The average Bonchev–Trinajstić information content (AvgIpc) is 2.74. The van der Waals surface area contributed by atoms with Crippen LogP contribution >= 0.6 is 11.8 Å². The highest BCUT2D eigenvalue weighted by atomic mass is 32.2. The summed E-state index contributed by atoms with van der Waals surface area (Å²) >= 11 is 1.77. The Hall–Kier alpha value is -1.24. The Morgan fingerprint density at radius 1 is 1.24 bits per heavy atom. The van der Waals surface area contributed by atoms with Crippen molar-refractivity contribution in [2.75, 3.05) is 17.2 Å². The van der Waals surface area contributed by atoms with E-state index in [2.05, 4.69) is 36.1 Å². The monoisotopic (exact) mass is 322 g/mol. The van der Waals surface area contributed by atoms with Crippen LogP contribution in [-0.2, 0) is 10.1 Å². The molecule has 0 saturated carbocycles. The largest absolute Gasteiger partial charge is 0.748 e. The highest BCUT2D eigenvalue weighted by Gasteiger charge is 2.28. The molecule has 4 nitrogen and oxygen atoms in total. The van der Waals surface area contributed by atoms with E-state index in [0.29, 0.717) is 13.0 Å². The van der Waals surface area contributed by atoms with E-state index >= 15 is 0 Å². The quantitative estimate of drug-likeness (QED) is 0.810. The topological polar surface area (TPSA) is 60.4 Å². The molecule has 0 fully saturated rings. The summed E-state index contributed by atoms with van der Waals surface area (Å²) in [5.41, 5.74) is 1.16.